The van der Waals surface area contributed by atoms with Gasteiger partial charge in [-0.3, -0.25) is 4.79 Å². The van der Waals surface area contributed by atoms with Gasteiger partial charge in [0, 0.05) is 11.1 Å². The van der Waals surface area contributed by atoms with E-state index in [1.54, 1.807) is 43.3 Å². The molecule has 0 saturated carbocycles. The Morgan fingerprint density at radius 3 is 2.47 bits per heavy atom. The molecule has 0 aliphatic heterocycles. The molecule has 1 atom stereocenters. The highest BCUT2D eigenvalue weighted by Gasteiger charge is 2.16. The molecule has 0 spiro atoms. The average Bonchev–Trinajstić information content (AvgIpc) is 2.84. The lowest BCUT2D eigenvalue weighted by atomic mass is 10.2. The van der Waals surface area contributed by atoms with Gasteiger partial charge in [0.25, 0.3) is 5.56 Å². The normalized spacial score (nSPS) is 12.1. The Morgan fingerprint density at radius 2 is 1.69 bits per heavy atom. The van der Waals surface area contributed by atoms with Crippen LogP contribution in [-0.4, -0.2) is 35.1 Å². The maximum atomic E-state index is 13.3. The monoisotopic (exact) mass is 427 g/mol. The van der Waals surface area contributed by atoms with Gasteiger partial charge in [-0.2, -0.15) is 9.78 Å². The van der Waals surface area contributed by atoms with Crippen molar-refractivity contribution in [1.82, 2.24) is 9.66 Å². The number of nitrogens with zero attached hydrogens (tertiary/aromatic N) is 3. The van der Waals surface area contributed by atoms with Crippen LogP contribution in [0.1, 0.15) is 12.5 Å². The average molecular weight is 427 g/mol. The van der Waals surface area contributed by atoms with E-state index in [-0.39, 0.29) is 5.56 Å². The number of hydrogen-bond acceptors (Lipinski definition) is 6. The van der Waals surface area contributed by atoms with Gasteiger partial charge in [0.05, 0.1) is 24.2 Å². The van der Waals surface area contributed by atoms with Crippen molar-refractivity contribution >= 4 is 23.1 Å². The molecular formula is C25H21N3O4. The van der Waals surface area contributed by atoms with Crippen molar-refractivity contribution in [3.8, 4) is 17.1 Å². The molecule has 3 aromatic carbocycles. The topological polar surface area (TPSA) is 82.8 Å². The minimum absolute atomic E-state index is 0.285. The summed E-state index contributed by atoms with van der Waals surface area (Å²) < 4.78 is 11.7. The fourth-order valence-corrected chi connectivity index (χ4v) is 3.22. The Labute approximate surface area is 184 Å². The van der Waals surface area contributed by atoms with Crippen molar-refractivity contribution in [2.24, 2.45) is 5.10 Å². The van der Waals surface area contributed by atoms with Crippen LogP contribution in [0, 0.1) is 0 Å². The third kappa shape index (κ3) is 4.27. The molecule has 7 heteroatoms. The SMILES string of the molecule is COC(=O)[C@@H](C)Oc1ccccc1C=Nn1c(-c2ccccc2)nc2ccccc2c1=O. The number of benzene rings is 3. The van der Waals surface area contributed by atoms with Crippen molar-refractivity contribution in [2.75, 3.05) is 7.11 Å². The molecule has 0 radical (unpaired) electrons. The lowest BCUT2D eigenvalue weighted by Crippen LogP contribution is -2.25. The Hall–Kier alpha value is -4.26. The lowest BCUT2D eigenvalue weighted by molar-refractivity contribution is -0.147. The molecule has 0 bridgehead atoms. The van der Waals surface area contributed by atoms with Gasteiger partial charge in [-0.25, -0.2) is 9.78 Å². The number of carbonyl (C=O) groups is 1. The van der Waals surface area contributed by atoms with E-state index < -0.39 is 12.1 Å². The summed E-state index contributed by atoms with van der Waals surface area (Å²) in [6.07, 6.45) is 0.725. The van der Waals surface area contributed by atoms with Gasteiger partial charge >= 0.3 is 5.97 Å². The summed E-state index contributed by atoms with van der Waals surface area (Å²) in [5, 5.41) is 4.92. The first-order chi connectivity index (χ1) is 15.6. The highest BCUT2D eigenvalue weighted by atomic mass is 16.6. The minimum Gasteiger partial charge on any atom is -0.478 e. The molecule has 160 valence electrons. The number of carbonyl (C=O) groups excluding carboxylic acids is 1. The van der Waals surface area contributed by atoms with E-state index in [1.807, 2.05) is 42.5 Å². The first-order valence-electron chi connectivity index (χ1n) is 10.0. The zero-order valence-electron chi connectivity index (χ0n) is 17.6. The largest absolute Gasteiger partial charge is 0.478 e. The van der Waals surface area contributed by atoms with Crippen LogP contribution in [0.25, 0.3) is 22.3 Å². The van der Waals surface area contributed by atoms with E-state index >= 15 is 0 Å². The molecule has 0 aliphatic carbocycles. The Balaban J connectivity index is 1.81. The molecule has 0 fully saturated rings. The fourth-order valence-electron chi connectivity index (χ4n) is 3.22. The van der Waals surface area contributed by atoms with Crippen LogP contribution in [0.4, 0.5) is 0 Å². The van der Waals surface area contributed by atoms with Crippen LogP contribution < -0.4 is 10.3 Å². The summed E-state index contributed by atoms with van der Waals surface area (Å²) in [5.41, 5.74) is 1.67. The van der Waals surface area contributed by atoms with Crippen LogP contribution in [0.5, 0.6) is 5.75 Å². The standard InChI is InChI=1S/C25H21N3O4/c1-17(25(30)31-2)32-22-15-9-6-12-19(22)16-26-28-23(18-10-4-3-5-11-18)27-21-14-8-7-13-20(21)24(28)29/h3-17H,1-2H3/t17-/m1/s1. The summed E-state index contributed by atoms with van der Waals surface area (Å²) in [4.78, 5) is 29.7. The Kier molecular flexibility index (Phi) is 6.07. The van der Waals surface area contributed by atoms with Crippen LogP contribution in [0.2, 0.25) is 0 Å². The van der Waals surface area contributed by atoms with E-state index in [4.69, 9.17) is 9.47 Å². The molecule has 32 heavy (non-hydrogen) atoms. The second kappa shape index (κ2) is 9.26. The van der Waals surface area contributed by atoms with Crippen molar-refractivity contribution in [3.05, 3.63) is 94.8 Å². The smallest absolute Gasteiger partial charge is 0.346 e. The van der Waals surface area contributed by atoms with Crippen LogP contribution >= 0.6 is 0 Å². The highest BCUT2D eigenvalue weighted by molar-refractivity contribution is 5.85. The van der Waals surface area contributed by atoms with Gasteiger partial charge in [-0.15, -0.1) is 0 Å². The lowest BCUT2D eigenvalue weighted by Gasteiger charge is -2.14. The van der Waals surface area contributed by atoms with Gasteiger partial charge in [0.1, 0.15) is 5.75 Å². The zero-order valence-corrected chi connectivity index (χ0v) is 17.6. The zero-order chi connectivity index (χ0) is 22.5. The maximum absolute atomic E-state index is 13.3. The fraction of sp³-hybridized carbons (Fsp3) is 0.120. The first kappa shape index (κ1) is 21.0. The van der Waals surface area contributed by atoms with E-state index in [0.717, 1.165) is 5.56 Å². The predicted octanol–water partition coefficient (Wildman–Crippen LogP) is 3.89. The van der Waals surface area contributed by atoms with E-state index in [0.29, 0.717) is 28.0 Å². The maximum Gasteiger partial charge on any atom is 0.346 e. The molecule has 1 aromatic heterocycles. The van der Waals surface area contributed by atoms with E-state index in [9.17, 15) is 9.59 Å². The molecule has 7 nitrogen and oxygen atoms in total. The molecule has 0 unspecified atom stereocenters. The highest BCUT2D eigenvalue weighted by Crippen LogP contribution is 2.20. The van der Waals surface area contributed by atoms with Crippen LogP contribution in [-0.2, 0) is 9.53 Å². The molecule has 1 heterocycles. The van der Waals surface area contributed by atoms with Gasteiger partial charge < -0.3 is 9.47 Å². The van der Waals surface area contributed by atoms with Crippen molar-refractivity contribution < 1.29 is 14.3 Å². The Bertz CT molecular complexity index is 1350. The van der Waals surface area contributed by atoms with E-state index in [2.05, 4.69) is 10.1 Å². The van der Waals surface area contributed by atoms with Crippen molar-refractivity contribution in [3.63, 3.8) is 0 Å². The van der Waals surface area contributed by atoms with Crippen molar-refractivity contribution in [2.45, 2.75) is 13.0 Å². The van der Waals surface area contributed by atoms with Gasteiger partial charge in [-0.1, -0.05) is 54.6 Å². The third-order valence-corrected chi connectivity index (χ3v) is 4.85. The molecule has 0 aliphatic rings. The number of para-hydroxylation sites is 2. The summed E-state index contributed by atoms with van der Waals surface area (Å²) in [5.74, 6) is 0.377. The quantitative estimate of drug-likeness (QED) is 0.344. The number of methoxy groups -OCH3 is 1. The summed E-state index contributed by atoms with van der Waals surface area (Å²) in [6.45, 7) is 1.60. The Morgan fingerprint density at radius 1 is 1.00 bits per heavy atom. The first-order valence-corrected chi connectivity index (χ1v) is 10.0. The summed E-state index contributed by atoms with van der Waals surface area (Å²) in [7, 11) is 1.31. The summed E-state index contributed by atoms with van der Waals surface area (Å²) in [6, 6.07) is 23.7. The minimum atomic E-state index is -0.792. The molecule has 0 saturated heterocycles. The predicted molar refractivity (Wildman–Crippen MR) is 123 cm³/mol. The molecule has 4 rings (SSSR count). The number of rotatable bonds is 6. The molecule has 0 amide bonds. The van der Waals surface area contributed by atoms with Gasteiger partial charge in [0.15, 0.2) is 11.9 Å². The van der Waals surface area contributed by atoms with Crippen LogP contribution in [0.3, 0.4) is 0 Å². The van der Waals surface area contributed by atoms with Crippen LogP contribution in [0.15, 0.2) is 88.8 Å². The number of fused-ring (bicyclic) bond motifs is 1. The number of ether oxygens (including phenoxy) is 2. The number of esters is 1. The van der Waals surface area contributed by atoms with E-state index in [1.165, 1.54) is 18.0 Å². The summed E-state index contributed by atoms with van der Waals surface area (Å²) >= 11 is 0. The van der Waals surface area contributed by atoms with Crippen molar-refractivity contribution in [1.29, 1.82) is 0 Å². The second-order valence-electron chi connectivity index (χ2n) is 7.00. The number of aromatic nitrogens is 2. The second-order valence-corrected chi connectivity index (χ2v) is 7.00. The molecule has 4 aromatic rings. The van der Waals surface area contributed by atoms with Gasteiger partial charge in [-0.05, 0) is 31.2 Å². The molecule has 0 N–H and O–H groups in total. The molecular weight excluding hydrogens is 406 g/mol. The third-order valence-electron chi connectivity index (χ3n) is 4.85. The number of hydrogen-bond donors (Lipinski definition) is 0. The van der Waals surface area contributed by atoms with Gasteiger partial charge in [0.2, 0.25) is 0 Å².